The van der Waals surface area contributed by atoms with Crippen molar-refractivity contribution in [2.45, 2.75) is 96.8 Å². The molecule has 4 saturated carbocycles. The van der Waals surface area contributed by atoms with Gasteiger partial charge in [0.15, 0.2) is 0 Å². The number of carboxylic acid groups (broad SMARTS) is 1. The highest BCUT2D eigenvalue weighted by Crippen LogP contribution is 2.68. The summed E-state index contributed by atoms with van der Waals surface area (Å²) >= 11 is 0. The van der Waals surface area contributed by atoms with Gasteiger partial charge in [0.25, 0.3) is 0 Å². The number of carboxylic acids is 1. The fourth-order valence-corrected chi connectivity index (χ4v) is 9.68. The van der Waals surface area contributed by atoms with Crippen molar-refractivity contribution >= 4 is 16.3 Å². The molecule has 9 heteroatoms. The number of aliphatic carboxylic acids is 1. The third-order valence-electron chi connectivity index (χ3n) is 10.7. The molecule has 0 spiro atoms. The predicted octanol–water partition coefficient (Wildman–Crippen LogP) is 2.85. The van der Waals surface area contributed by atoms with E-state index in [0.29, 0.717) is 25.7 Å². The molecule has 5 N–H and O–H groups in total. The summed E-state index contributed by atoms with van der Waals surface area (Å²) in [5.41, 5.74) is -0.508. The molecule has 0 radical (unpaired) electrons. The molecular weight excluding hydrogens is 446 g/mol. The second kappa shape index (κ2) is 8.73. The standard InChI is InChI=1S/C24H41NO7S/c1-13(4-7-21(28)29)16-5-6-17-22-18(12-20(27)24(16,17)3)23(2)9-8-15(26)10-14(23)11-19(22)25-33(30,31)32/h13-20,22,25-27H,4-12H2,1-3H3,(H,28,29)(H,30,31,32)/t13-,14?,15-,16?,17+,18+,19?,20+,22?,23?,24?/m1/s1. The fraction of sp³-hybridized carbons (Fsp3) is 0.958. The number of hydrogen-bond acceptors (Lipinski definition) is 5. The highest BCUT2D eigenvalue weighted by atomic mass is 32.2. The van der Waals surface area contributed by atoms with E-state index in [1.165, 1.54) is 0 Å². The molecule has 0 aromatic rings. The minimum Gasteiger partial charge on any atom is -0.481 e. The van der Waals surface area contributed by atoms with E-state index >= 15 is 0 Å². The molecule has 4 aliphatic carbocycles. The lowest BCUT2D eigenvalue weighted by Gasteiger charge is -2.64. The van der Waals surface area contributed by atoms with E-state index in [1.54, 1.807) is 0 Å². The lowest BCUT2D eigenvalue weighted by Crippen LogP contribution is -2.65. The van der Waals surface area contributed by atoms with Crippen molar-refractivity contribution in [3.63, 3.8) is 0 Å². The Morgan fingerprint density at radius 3 is 2.42 bits per heavy atom. The van der Waals surface area contributed by atoms with Gasteiger partial charge >= 0.3 is 16.3 Å². The Balaban J connectivity index is 1.69. The summed E-state index contributed by atoms with van der Waals surface area (Å²) in [6.07, 6.45) is 4.84. The molecule has 0 heterocycles. The Morgan fingerprint density at radius 1 is 1.09 bits per heavy atom. The SMILES string of the molecule is C[C@H](CCC(=O)O)C1CC[C@H]2C3C(NS(=O)(=O)O)CC4C[C@H](O)CCC4(C)[C@H]3C[C@H](O)C12C. The highest BCUT2D eigenvalue weighted by Gasteiger charge is 2.66. The molecule has 0 bridgehead atoms. The van der Waals surface area contributed by atoms with Crippen LogP contribution >= 0.6 is 0 Å². The second-order valence-corrected chi connectivity index (χ2v) is 13.3. The Kier molecular flexibility index (Phi) is 6.71. The largest absolute Gasteiger partial charge is 0.481 e. The number of hydrogen-bond donors (Lipinski definition) is 5. The average Bonchev–Trinajstić information content (AvgIpc) is 3.05. The van der Waals surface area contributed by atoms with Crippen molar-refractivity contribution in [3.8, 4) is 0 Å². The number of carbonyl (C=O) groups is 1. The molecule has 6 unspecified atom stereocenters. The fourth-order valence-electron chi connectivity index (χ4n) is 9.04. The van der Waals surface area contributed by atoms with Crippen LogP contribution in [0.5, 0.6) is 0 Å². The van der Waals surface area contributed by atoms with Gasteiger partial charge in [0.05, 0.1) is 12.2 Å². The zero-order valence-corrected chi connectivity index (χ0v) is 20.8. The van der Waals surface area contributed by atoms with Gasteiger partial charge in [-0.3, -0.25) is 9.35 Å². The first-order chi connectivity index (χ1) is 15.3. The molecule has 8 nitrogen and oxygen atoms in total. The molecule has 33 heavy (non-hydrogen) atoms. The van der Waals surface area contributed by atoms with Crippen molar-refractivity contribution in [2.75, 3.05) is 0 Å². The Bertz CT molecular complexity index is 865. The van der Waals surface area contributed by atoms with Crippen molar-refractivity contribution in [2.24, 2.45) is 46.3 Å². The van der Waals surface area contributed by atoms with Crippen LogP contribution in [0.2, 0.25) is 0 Å². The third-order valence-corrected chi connectivity index (χ3v) is 11.3. The Labute approximate surface area is 197 Å². The summed E-state index contributed by atoms with van der Waals surface area (Å²) in [7, 11) is -4.40. The molecule has 0 aromatic carbocycles. The Hall–Kier alpha value is -0.740. The van der Waals surface area contributed by atoms with Crippen LogP contribution in [0.1, 0.15) is 78.6 Å². The second-order valence-electron chi connectivity index (χ2n) is 12.1. The van der Waals surface area contributed by atoms with Crippen molar-refractivity contribution in [1.29, 1.82) is 0 Å². The monoisotopic (exact) mass is 487 g/mol. The molecule has 11 atom stereocenters. The molecule has 4 rings (SSSR count). The predicted molar refractivity (Wildman–Crippen MR) is 123 cm³/mol. The van der Waals surface area contributed by atoms with Gasteiger partial charge in [-0.1, -0.05) is 20.8 Å². The van der Waals surface area contributed by atoms with Crippen molar-refractivity contribution in [3.05, 3.63) is 0 Å². The zero-order valence-electron chi connectivity index (χ0n) is 20.0. The lowest BCUT2D eigenvalue weighted by atomic mass is 9.42. The maximum Gasteiger partial charge on any atom is 0.333 e. The molecule has 4 aliphatic rings. The van der Waals surface area contributed by atoms with Gasteiger partial charge in [0, 0.05) is 12.5 Å². The summed E-state index contributed by atoms with van der Waals surface area (Å²) in [4.78, 5) is 11.1. The highest BCUT2D eigenvalue weighted by molar-refractivity contribution is 7.83. The molecular formula is C24H41NO7S. The maximum absolute atomic E-state index is 11.9. The van der Waals surface area contributed by atoms with Gasteiger partial charge in [-0.15, -0.1) is 0 Å². The summed E-state index contributed by atoms with van der Waals surface area (Å²) in [6, 6.07) is -0.432. The third kappa shape index (κ3) is 4.37. The van der Waals surface area contributed by atoms with E-state index < -0.39 is 39.9 Å². The lowest BCUT2D eigenvalue weighted by molar-refractivity contribution is -0.182. The van der Waals surface area contributed by atoms with Gasteiger partial charge in [0.1, 0.15) is 0 Å². The topological polar surface area (TPSA) is 144 Å². The van der Waals surface area contributed by atoms with Crippen LogP contribution in [-0.4, -0.2) is 52.5 Å². The van der Waals surface area contributed by atoms with Crippen molar-refractivity contribution in [1.82, 2.24) is 4.72 Å². The van der Waals surface area contributed by atoms with E-state index in [0.717, 1.165) is 25.7 Å². The van der Waals surface area contributed by atoms with E-state index in [9.17, 15) is 28.0 Å². The summed E-state index contributed by atoms with van der Waals surface area (Å²) in [5, 5.41) is 31.1. The van der Waals surface area contributed by atoms with Crippen LogP contribution in [0.15, 0.2) is 0 Å². The first-order valence-electron chi connectivity index (χ1n) is 12.6. The van der Waals surface area contributed by atoms with Gasteiger partial charge in [-0.25, -0.2) is 0 Å². The van der Waals surface area contributed by atoms with Gasteiger partial charge in [-0.05, 0) is 97.7 Å². The minimum atomic E-state index is -4.40. The van der Waals surface area contributed by atoms with E-state index in [-0.39, 0.29) is 47.3 Å². The number of nitrogens with one attached hydrogen (secondary N) is 1. The van der Waals surface area contributed by atoms with E-state index in [1.807, 2.05) is 0 Å². The quantitative estimate of drug-likeness (QED) is 0.362. The Morgan fingerprint density at radius 2 is 1.79 bits per heavy atom. The minimum absolute atomic E-state index is 0.00603. The first-order valence-corrected chi connectivity index (χ1v) is 14.0. The van der Waals surface area contributed by atoms with Gasteiger partial charge < -0.3 is 15.3 Å². The molecule has 190 valence electrons. The smallest absolute Gasteiger partial charge is 0.333 e. The molecule has 4 fully saturated rings. The van der Waals surface area contributed by atoms with Gasteiger partial charge in [0.2, 0.25) is 0 Å². The summed E-state index contributed by atoms with van der Waals surface area (Å²) in [6.45, 7) is 6.45. The number of fused-ring (bicyclic) bond motifs is 5. The van der Waals surface area contributed by atoms with Crippen LogP contribution in [0.25, 0.3) is 0 Å². The molecule has 0 amide bonds. The van der Waals surface area contributed by atoms with Crippen molar-refractivity contribution < 1.29 is 33.1 Å². The molecule has 0 aromatic heterocycles. The van der Waals surface area contributed by atoms with Crippen LogP contribution in [0.4, 0.5) is 0 Å². The zero-order chi connectivity index (χ0) is 24.3. The van der Waals surface area contributed by atoms with E-state index in [2.05, 4.69) is 25.5 Å². The maximum atomic E-state index is 11.9. The molecule has 0 aliphatic heterocycles. The van der Waals surface area contributed by atoms with Crippen LogP contribution in [0.3, 0.4) is 0 Å². The molecule has 0 saturated heterocycles. The summed E-state index contributed by atoms with van der Waals surface area (Å²) < 4.78 is 36.1. The first kappa shape index (κ1) is 25.4. The van der Waals surface area contributed by atoms with Crippen LogP contribution in [0, 0.1) is 46.3 Å². The number of aliphatic hydroxyl groups is 2. The van der Waals surface area contributed by atoms with E-state index in [4.69, 9.17) is 5.11 Å². The van der Waals surface area contributed by atoms with Gasteiger partial charge in [-0.2, -0.15) is 13.1 Å². The number of rotatable bonds is 6. The van der Waals surface area contributed by atoms with Crippen LogP contribution in [-0.2, 0) is 15.1 Å². The average molecular weight is 488 g/mol. The van der Waals surface area contributed by atoms with Crippen LogP contribution < -0.4 is 4.72 Å². The summed E-state index contributed by atoms with van der Waals surface area (Å²) in [5.74, 6) is -0.182. The number of aliphatic hydroxyl groups excluding tert-OH is 2. The normalized spacial score (nSPS) is 48.4.